The van der Waals surface area contributed by atoms with Crippen molar-refractivity contribution in [1.29, 1.82) is 0 Å². The molecule has 4 amide bonds. The molecule has 1 saturated heterocycles. The molecule has 1 fully saturated rings. The summed E-state index contributed by atoms with van der Waals surface area (Å²) in [5, 5.41) is 4.36. The minimum atomic E-state index is -1.09. The average Bonchev–Trinajstić information content (AvgIpc) is 2.18. The second-order valence-electron chi connectivity index (χ2n) is 4.25. The van der Waals surface area contributed by atoms with Crippen molar-refractivity contribution < 1.29 is 86.2 Å². The topological polar surface area (TPSA) is 75.3 Å². The molecular weight excluding hydrogens is 375 g/mol. The van der Waals surface area contributed by atoms with Crippen LogP contribution in [0.4, 0.5) is 4.79 Å². The van der Waals surface area contributed by atoms with E-state index in [0.717, 1.165) is 12.8 Å². The molecule has 7 heteroatoms. The van der Waals surface area contributed by atoms with Crippen LogP contribution < -0.4 is 40.2 Å². The van der Waals surface area contributed by atoms with Crippen LogP contribution in [0, 0.1) is 52.2 Å². The fraction of sp³-hybridized carbons (Fsp3) is 0.727. The van der Waals surface area contributed by atoms with Gasteiger partial charge in [-0.05, 0) is 18.8 Å². The maximum absolute atomic E-state index is 11.9. The first-order chi connectivity index (χ1) is 7.48. The molecule has 0 spiro atoms. The molecule has 0 saturated carbocycles. The van der Waals surface area contributed by atoms with Crippen LogP contribution in [0.2, 0.25) is 0 Å². The predicted molar refractivity (Wildman–Crippen MR) is 59.6 cm³/mol. The Kier molecular flexibility index (Phi) is 10.6. The molecule has 1 atom stereocenters. The van der Waals surface area contributed by atoms with Gasteiger partial charge in [-0.25, -0.2) is 4.79 Å². The molecule has 1 aliphatic rings. The molecule has 1 unspecified atom stereocenters. The predicted octanol–water partition coefficient (Wildman–Crippen LogP) is -1.70. The van der Waals surface area contributed by atoms with Crippen LogP contribution in [0.3, 0.4) is 0 Å². The van der Waals surface area contributed by atoms with Gasteiger partial charge in [0.05, 0.1) is 0 Å². The maximum atomic E-state index is 11.9. The third-order valence-electron chi connectivity index (χ3n) is 3.39. The number of barbiturate groups is 1. The van der Waals surface area contributed by atoms with Gasteiger partial charge in [0.2, 0.25) is 11.8 Å². The number of amides is 4. The standard InChI is InChI=1S/C11H18N2O3.Na.Nd.H/c1-4-6-7(3)11(5-2)8(14)12-10(16)13-9(11)15;;;/h7H,4-6H2,1-3H3,(H2,12,13,14,15,16);;;/q;+1;;-1. The van der Waals surface area contributed by atoms with E-state index in [9.17, 15) is 14.4 Å². The van der Waals surface area contributed by atoms with Gasteiger partial charge in [0.25, 0.3) is 0 Å². The summed E-state index contributed by atoms with van der Waals surface area (Å²) in [5.74, 6) is -1.01. The van der Waals surface area contributed by atoms with Crippen molar-refractivity contribution in [3.8, 4) is 0 Å². The van der Waals surface area contributed by atoms with Crippen LogP contribution in [0.15, 0.2) is 0 Å². The van der Waals surface area contributed by atoms with Gasteiger partial charge < -0.3 is 1.43 Å². The number of urea groups is 1. The van der Waals surface area contributed by atoms with Crippen molar-refractivity contribution in [2.75, 3.05) is 0 Å². The molecule has 0 bridgehead atoms. The summed E-state index contributed by atoms with van der Waals surface area (Å²) >= 11 is 0. The molecule has 1 aliphatic heterocycles. The molecule has 1 rings (SSSR count). The van der Waals surface area contributed by atoms with Crippen LogP contribution >= 0.6 is 0 Å². The van der Waals surface area contributed by atoms with Gasteiger partial charge in [0.15, 0.2) is 0 Å². The Morgan fingerprint density at radius 1 is 1.17 bits per heavy atom. The van der Waals surface area contributed by atoms with E-state index < -0.39 is 23.3 Å². The molecule has 0 aliphatic carbocycles. The Balaban J connectivity index is -0.000000853. The Labute approximate surface area is 164 Å². The molecule has 0 aromatic rings. The van der Waals surface area contributed by atoms with Crippen LogP contribution in [0.25, 0.3) is 0 Å². The van der Waals surface area contributed by atoms with Gasteiger partial charge in [0.1, 0.15) is 5.41 Å². The minimum Gasteiger partial charge on any atom is -1.00 e. The number of hydrogen-bond acceptors (Lipinski definition) is 3. The normalized spacial score (nSPS) is 18.9. The molecular formula is C11H19N2NaNdO3. The van der Waals surface area contributed by atoms with E-state index in [4.69, 9.17) is 0 Å². The zero-order valence-electron chi connectivity index (χ0n) is 12.4. The fourth-order valence-corrected chi connectivity index (χ4v) is 2.36. The molecule has 0 aromatic carbocycles. The third kappa shape index (κ3) is 3.98. The van der Waals surface area contributed by atoms with E-state index in [0.29, 0.717) is 6.42 Å². The van der Waals surface area contributed by atoms with Gasteiger partial charge in [-0.15, -0.1) is 0 Å². The molecule has 0 aromatic heterocycles. The molecule has 2 N–H and O–H groups in total. The number of carbonyl (C=O) groups excluding carboxylic acids is 3. The van der Waals surface area contributed by atoms with E-state index >= 15 is 0 Å². The van der Waals surface area contributed by atoms with E-state index in [2.05, 4.69) is 10.6 Å². The van der Waals surface area contributed by atoms with Crippen molar-refractivity contribution in [1.82, 2.24) is 10.6 Å². The number of carbonyl (C=O) groups is 3. The average molecular weight is 395 g/mol. The van der Waals surface area contributed by atoms with Crippen LogP contribution in [0.1, 0.15) is 41.5 Å². The van der Waals surface area contributed by atoms with Gasteiger partial charge >= 0.3 is 35.6 Å². The summed E-state index contributed by atoms with van der Waals surface area (Å²) in [4.78, 5) is 34.8. The second kappa shape index (κ2) is 9.00. The third-order valence-corrected chi connectivity index (χ3v) is 3.39. The summed E-state index contributed by atoms with van der Waals surface area (Å²) in [6, 6.07) is -0.720. The molecule has 0 radical (unpaired) electrons. The van der Waals surface area contributed by atoms with Crippen LogP contribution in [-0.4, -0.2) is 17.8 Å². The number of hydrogen-bond donors (Lipinski definition) is 2. The monoisotopic (exact) mass is 392 g/mol. The van der Waals surface area contributed by atoms with Crippen molar-refractivity contribution in [2.45, 2.75) is 40.0 Å². The van der Waals surface area contributed by atoms with E-state index in [1.165, 1.54) is 0 Å². The number of rotatable bonds is 4. The van der Waals surface area contributed by atoms with Gasteiger partial charge in [-0.2, -0.15) is 0 Å². The smallest absolute Gasteiger partial charge is 1.00 e. The largest absolute Gasteiger partial charge is 1.00 e. The minimum absolute atomic E-state index is 0. The summed E-state index contributed by atoms with van der Waals surface area (Å²) < 4.78 is 0. The van der Waals surface area contributed by atoms with Crippen molar-refractivity contribution >= 4 is 17.8 Å². The first-order valence-electron chi connectivity index (χ1n) is 5.65. The zero-order chi connectivity index (χ0) is 12.3. The van der Waals surface area contributed by atoms with Crippen LogP contribution in [-0.2, 0) is 9.59 Å². The van der Waals surface area contributed by atoms with Crippen molar-refractivity contribution in [2.24, 2.45) is 11.3 Å². The van der Waals surface area contributed by atoms with Gasteiger partial charge in [-0.1, -0.05) is 27.2 Å². The van der Waals surface area contributed by atoms with Crippen molar-refractivity contribution in [3.63, 3.8) is 0 Å². The number of nitrogens with one attached hydrogen (secondary N) is 2. The second-order valence-corrected chi connectivity index (χ2v) is 4.25. The van der Waals surface area contributed by atoms with E-state index in [-0.39, 0.29) is 77.7 Å². The SMILES string of the molecule is CCCC(C)C1(CC)C(=O)NC(=O)NC1=O.[H-].[Na+].[Nd]. The maximum Gasteiger partial charge on any atom is 1.00 e. The van der Waals surface area contributed by atoms with Gasteiger partial charge in [-0.3, -0.25) is 20.2 Å². The Bertz CT molecular complexity index is 322. The van der Waals surface area contributed by atoms with E-state index in [1.54, 1.807) is 6.92 Å². The number of imide groups is 2. The van der Waals surface area contributed by atoms with Gasteiger partial charge in [0, 0.05) is 40.8 Å². The van der Waals surface area contributed by atoms with E-state index in [1.807, 2.05) is 13.8 Å². The first kappa shape index (κ1) is 21.3. The Hall–Kier alpha value is 0.961. The summed E-state index contributed by atoms with van der Waals surface area (Å²) in [6.45, 7) is 5.67. The fourth-order valence-electron chi connectivity index (χ4n) is 2.36. The molecule has 1 heterocycles. The van der Waals surface area contributed by atoms with Crippen LogP contribution in [0.5, 0.6) is 0 Å². The molecule has 96 valence electrons. The summed E-state index contributed by atoms with van der Waals surface area (Å²) in [5.41, 5.74) is -1.09. The molecule has 5 nitrogen and oxygen atoms in total. The zero-order valence-corrected chi connectivity index (χ0v) is 16.6. The summed E-state index contributed by atoms with van der Waals surface area (Å²) in [6.07, 6.45) is 2.08. The quantitative estimate of drug-likeness (QED) is 0.441. The Morgan fingerprint density at radius 3 is 1.94 bits per heavy atom. The molecule has 18 heavy (non-hydrogen) atoms. The Morgan fingerprint density at radius 2 is 1.61 bits per heavy atom. The first-order valence-corrected chi connectivity index (χ1v) is 5.65. The summed E-state index contributed by atoms with van der Waals surface area (Å²) in [7, 11) is 0. The van der Waals surface area contributed by atoms with Crippen molar-refractivity contribution in [3.05, 3.63) is 0 Å².